The van der Waals surface area contributed by atoms with Crippen molar-refractivity contribution in [3.63, 3.8) is 0 Å². The van der Waals surface area contributed by atoms with E-state index in [9.17, 15) is 14.4 Å². The summed E-state index contributed by atoms with van der Waals surface area (Å²) in [6, 6.07) is 13.0. The first-order valence-corrected chi connectivity index (χ1v) is 16.8. The zero-order valence-electron chi connectivity index (χ0n) is 26.0. The number of hydrogen-bond donors (Lipinski definition) is 2. The molecule has 4 rings (SSSR count). The summed E-state index contributed by atoms with van der Waals surface area (Å²) in [6.45, 7) is 7.51. The lowest BCUT2D eigenvalue weighted by molar-refractivity contribution is -0.142. The molecule has 6 nitrogen and oxygen atoms in total. The average Bonchev–Trinajstić information content (AvgIpc) is 2.96. The number of amides is 2. The number of carbonyl (C=O) groups excluding carboxylic acids is 3. The molecule has 2 fully saturated rings. The van der Waals surface area contributed by atoms with Crippen LogP contribution in [0, 0.1) is 30.1 Å². The van der Waals surface area contributed by atoms with Gasteiger partial charge in [-0.15, -0.1) is 0 Å². The summed E-state index contributed by atoms with van der Waals surface area (Å²) in [5, 5.41) is 6.15. The number of rotatable bonds is 12. The maximum absolute atomic E-state index is 13.5. The second-order valence-electron chi connectivity index (χ2n) is 13.1. The molecule has 228 valence electrons. The third-order valence-electron chi connectivity index (χ3n) is 9.22. The Balaban J connectivity index is 1.44. The molecule has 2 aromatic carbocycles. The molecule has 2 saturated carbocycles. The average molecular weight is 593 g/mol. The molecule has 2 aromatic rings. The second-order valence-corrected chi connectivity index (χ2v) is 14.1. The maximum Gasteiger partial charge on any atom is 0.328 e. The molecule has 42 heavy (non-hydrogen) atoms. The van der Waals surface area contributed by atoms with Crippen molar-refractivity contribution >= 4 is 29.5 Å². The Hall–Kier alpha value is -2.80. The van der Waals surface area contributed by atoms with Crippen LogP contribution >= 0.6 is 11.8 Å². The fourth-order valence-corrected chi connectivity index (χ4v) is 7.89. The first-order valence-electron chi connectivity index (χ1n) is 15.4. The van der Waals surface area contributed by atoms with Crippen LogP contribution in [0.2, 0.25) is 0 Å². The van der Waals surface area contributed by atoms with E-state index in [1.54, 1.807) is 11.8 Å². The van der Waals surface area contributed by atoms with Gasteiger partial charge in [-0.05, 0) is 115 Å². The number of hydrogen-bond acceptors (Lipinski definition) is 5. The van der Waals surface area contributed by atoms with Gasteiger partial charge in [-0.1, -0.05) is 50.2 Å². The Labute approximate surface area is 256 Å². The number of benzene rings is 2. The van der Waals surface area contributed by atoms with Crippen LogP contribution in [0.4, 0.5) is 0 Å². The van der Waals surface area contributed by atoms with Gasteiger partial charge in [-0.3, -0.25) is 9.59 Å². The molecular formula is C35H48N2O4S. The van der Waals surface area contributed by atoms with Crippen LogP contribution in [-0.2, 0) is 20.7 Å². The molecule has 3 atom stereocenters. The van der Waals surface area contributed by atoms with Gasteiger partial charge < -0.3 is 15.4 Å². The van der Waals surface area contributed by atoms with E-state index in [4.69, 9.17) is 4.74 Å². The fraction of sp³-hybridized carbons (Fsp3) is 0.571. The van der Waals surface area contributed by atoms with Gasteiger partial charge >= 0.3 is 5.97 Å². The van der Waals surface area contributed by atoms with Gasteiger partial charge in [-0.2, -0.15) is 11.8 Å². The van der Waals surface area contributed by atoms with Gasteiger partial charge in [0, 0.05) is 18.5 Å². The predicted molar refractivity (Wildman–Crippen MR) is 172 cm³/mol. The van der Waals surface area contributed by atoms with E-state index in [1.807, 2.05) is 55.6 Å². The highest BCUT2D eigenvalue weighted by molar-refractivity contribution is 7.98. The highest BCUT2D eigenvalue weighted by atomic mass is 32.2. The monoisotopic (exact) mass is 592 g/mol. The lowest BCUT2D eigenvalue weighted by Crippen LogP contribution is -2.43. The smallest absolute Gasteiger partial charge is 0.328 e. The maximum atomic E-state index is 13.5. The van der Waals surface area contributed by atoms with E-state index in [1.165, 1.54) is 39.2 Å². The van der Waals surface area contributed by atoms with Crippen LogP contribution in [0.1, 0.15) is 80.3 Å². The van der Waals surface area contributed by atoms with Gasteiger partial charge in [-0.25, -0.2) is 4.79 Å². The van der Waals surface area contributed by atoms with E-state index in [0.717, 1.165) is 52.3 Å². The van der Waals surface area contributed by atoms with Crippen molar-refractivity contribution in [1.82, 2.24) is 10.6 Å². The minimum atomic E-state index is -0.711. The molecular weight excluding hydrogens is 544 g/mol. The summed E-state index contributed by atoms with van der Waals surface area (Å²) in [5.74, 6) is 2.49. The summed E-state index contributed by atoms with van der Waals surface area (Å²) in [6.07, 6.45) is 9.90. The Morgan fingerprint density at radius 2 is 1.76 bits per heavy atom. The molecule has 7 heteroatoms. The molecule has 3 unspecified atom stereocenters. The third-order valence-corrected chi connectivity index (χ3v) is 9.86. The van der Waals surface area contributed by atoms with Crippen molar-refractivity contribution in [2.45, 2.75) is 78.2 Å². The largest absolute Gasteiger partial charge is 0.467 e. The summed E-state index contributed by atoms with van der Waals surface area (Å²) in [7, 11) is 1.34. The molecule has 0 aromatic heterocycles. The van der Waals surface area contributed by atoms with Crippen molar-refractivity contribution in [1.29, 1.82) is 0 Å². The lowest BCUT2D eigenvalue weighted by Gasteiger charge is -2.47. The molecule has 2 aliphatic carbocycles. The second kappa shape index (κ2) is 14.6. The lowest BCUT2D eigenvalue weighted by atomic mass is 9.59. The van der Waals surface area contributed by atoms with Crippen LogP contribution < -0.4 is 10.6 Å². The summed E-state index contributed by atoms with van der Waals surface area (Å²) >= 11 is 1.62. The van der Waals surface area contributed by atoms with Crippen LogP contribution in [0.3, 0.4) is 0 Å². The summed E-state index contributed by atoms with van der Waals surface area (Å²) in [4.78, 5) is 38.8. The van der Waals surface area contributed by atoms with E-state index < -0.39 is 12.0 Å². The van der Waals surface area contributed by atoms with Crippen LogP contribution in [0.25, 0.3) is 11.1 Å². The number of ether oxygens (including phenoxy) is 1. The summed E-state index contributed by atoms with van der Waals surface area (Å²) < 4.78 is 4.94. The van der Waals surface area contributed by atoms with E-state index in [2.05, 4.69) is 24.5 Å². The number of nitrogens with one attached hydrogen (secondary N) is 2. The quantitative estimate of drug-likeness (QED) is 0.272. The number of methoxy groups -OCH3 is 1. The van der Waals surface area contributed by atoms with Gasteiger partial charge in [0.25, 0.3) is 5.91 Å². The minimum absolute atomic E-state index is 0.0781. The SMILES string of the molecule is COC(=O)C(CCSC)NC(=O)c1ccc(CCC(=O)NCC2(C)CC3CC(C)CC(C3)C2)cc1-c1ccccc1C. The molecule has 2 N–H and O–H groups in total. The molecule has 0 heterocycles. The number of carbonyl (C=O) groups is 3. The van der Waals surface area contributed by atoms with Gasteiger partial charge in [0.1, 0.15) is 6.04 Å². The van der Waals surface area contributed by atoms with Gasteiger partial charge in [0.2, 0.25) is 5.91 Å². The zero-order valence-corrected chi connectivity index (χ0v) is 26.8. The first kappa shape index (κ1) is 32.1. The zero-order chi connectivity index (χ0) is 30.3. The number of thioether (sulfide) groups is 1. The highest BCUT2D eigenvalue weighted by Crippen LogP contribution is 2.49. The van der Waals surface area contributed by atoms with Gasteiger partial charge in [0.15, 0.2) is 0 Å². The normalized spacial score (nSPS) is 24.0. The molecule has 2 aliphatic rings. The Bertz CT molecular complexity index is 1240. The van der Waals surface area contributed by atoms with Crippen molar-refractivity contribution in [2.75, 3.05) is 25.7 Å². The predicted octanol–water partition coefficient (Wildman–Crippen LogP) is 6.59. The Morgan fingerprint density at radius 1 is 1.05 bits per heavy atom. The highest BCUT2D eigenvalue weighted by Gasteiger charge is 2.41. The minimum Gasteiger partial charge on any atom is -0.467 e. The molecule has 2 bridgehead atoms. The third kappa shape index (κ3) is 8.40. The number of aryl methyl sites for hydroxylation is 2. The van der Waals surface area contributed by atoms with Crippen molar-refractivity contribution < 1.29 is 19.1 Å². The Kier molecular flexibility index (Phi) is 11.2. The van der Waals surface area contributed by atoms with Gasteiger partial charge in [0.05, 0.1) is 7.11 Å². The van der Waals surface area contributed by atoms with Crippen molar-refractivity contribution in [3.8, 4) is 11.1 Å². The molecule has 0 spiro atoms. The standard InChI is InChI=1S/C35H48N2O4S/c1-23-16-26-18-27(17-23)21-35(3,20-26)22-36-32(38)13-11-25-10-12-29(30(19-25)28-9-7-6-8-24(28)2)33(39)37-31(14-15-42-5)34(40)41-4/h6-10,12,19,23,26-27,31H,11,13-18,20-22H2,1-5H3,(H,36,38)(H,37,39). The fourth-order valence-electron chi connectivity index (χ4n) is 7.42. The Morgan fingerprint density at radius 3 is 2.43 bits per heavy atom. The first-order chi connectivity index (χ1) is 20.1. The topological polar surface area (TPSA) is 84.5 Å². The number of esters is 1. The molecule has 0 saturated heterocycles. The molecule has 0 radical (unpaired) electrons. The number of fused-ring (bicyclic) bond motifs is 2. The molecule has 2 amide bonds. The summed E-state index contributed by atoms with van der Waals surface area (Å²) in [5.41, 5.74) is 4.49. The van der Waals surface area contributed by atoms with E-state index in [0.29, 0.717) is 24.8 Å². The van der Waals surface area contributed by atoms with E-state index >= 15 is 0 Å². The van der Waals surface area contributed by atoms with Crippen LogP contribution in [0.15, 0.2) is 42.5 Å². The van der Waals surface area contributed by atoms with Crippen molar-refractivity contribution in [3.05, 3.63) is 59.2 Å². The van der Waals surface area contributed by atoms with Crippen LogP contribution in [0.5, 0.6) is 0 Å². The van der Waals surface area contributed by atoms with Crippen molar-refractivity contribution in [2.24, 2.45) is 23.2 Å². The molecule has 0 aliphatic heterocycles. The van der Waals surface area contributed by atoms with E-state index in [-0.39, 0.29) is 17.2 Å². The van der Waals surface area contributed by atoms with Crippen LogP contribution in [-0.4, -0.2) is 49.5 Å².